The summed E-state index contributed by atoms with van der Waals surface area (Å²) < 4.78 is 7.44. The number of likely N-dealkylation sites (N-methyl/N-ethyl adjacent to an activating group) is 1. The Morgan fingerprint density at radius 2 is 2.04 bits per heavy atom. The van der Waals surface area contributed by atoms with E-state index in [1.807, 2.05) is 25.5 Å². The van der Waals surface area contributed by atoms with E-state index in [0.717, 1.165) is 70.0 Å². The van der Waals surface area contributed by atoms with E-state index < -0.39 is 0 Å². The van der Waals surface area contributed by atoms with Gasteiger partial charge in [-0.2, -0.15) is 0 Å². The van der Waals surface area contributed by atoms with Crippen molar-refractivity contribution in [3.8, 4) is 0 Å². The molecule has 0 saturated carbocycles. The van der Waals surface area contributed by atoms with Crippen LogP contribution in [0.2, 0.25) is 0 Å². The molecule has 2 heterocycles. The maximum atomic E-state index is 5.44. The van der Waals surface area contributed by atoms with Crippen LogP contribution in [0.5, 0.6) is 0 Å². The molecule has 1 atom stereocenters. The van der Waals surface area contributed by atoms with Crippen LogP contribution >= 0.6 is 24.0 Å². The third kappa shape index (κ3) is 7.14. The van der Waals surface area contributed by atoms with Gasteiger partial charge in [-0.3, -0.25) is 4.90 Å². The highest BCUT2D eigenvalue weighted by Crippen LogP contribution is 2.16. The van der Waals surface area contributed by atoms with Crippen LogP contribution in [0.25, 0.3) is 0 Å². The molecular weight excluding hydrogens is 469 g/mol. The fraction of sp³-hybridized carbons (Fsp3) is 0.842. The van der Waals surface area contributed by atoms with Gasteiger partial charge in [0.1, 0.15) is 12.4 Å². The van der Waals surface area contributed by atoms with E-state index >= 15 is 0 Å². The van der Waals surface area contributed by atoms with E-state index in [1.165, 1.54) is 6.42 Å². The summed E-state index contributed by atoms with van der Waals surface area (Å²) >= 11 is 0. The van der Waals surface area contributed by atoms with Gasteiger partial charge in [-0.25, -0.2) is 4.99 Å². The van der Waals surface area contributed by atoms with E-state index in [0.29, 0.717) is 12.6 Å². The average Bonchev–Trinajstić information content (AvgIpc) is 3.27. The molecule has 1 aliphatic heterocycles. The van der Waals surface area contributed by atoms with Crippen molar-refractivity contribution in [3.05, 3.63) is 11.6 Å². The van der Waals surface area contributed by atoms with Crippen LogP contribution in [0.3, 0.4) is 0 Å². The maximum Gasteiger partial charge on any atom is 0.194 e. The highest BCUT2D eigenvalue weighted by Gasteiger charge is 2.28. The number of nitrogens with one attached hydrogen (secondary N) is 1. The van der Waals surface area contributed by atoms with E-state index in [2.05, 4.69) is 39.2 Å². The molecule has 0 aromatic carbocycles. The third-order valence-electron chi connectivity index (χ3n) is 5.30. The normalized spacial score (nSPS) is 17.3. The minimum absolute atomic E-state index is 0. The van der Waals surface area contributed by atoms with E-state index in [9.17, 15) is 0 Å². The zero-order valence-electron chi connectivity index (χ0n) is 18.1. The topological polar surface area (TPSA) is 70.8 Å². The van der Waals surface area contributed by atoms with E-state index in [4.69, 9.17) is 9.73 Å². The standard InChI is InChI=1S/C19H37N7O.HI/c1-6-25(7-2)17-10-12-26(15-17)19(20-11-9-13-27-8-3)21-14-18-23-22-16(4)24(18)5;/h17H,6-15H2,1-5H3,(H,20,21);1H. The molecule has 0 amide bonds. The number of ether oxygens (including phenoxy) is 1. The molecule has 0 aliphatic carbocycles. The van der Waals surface area contributed by atoms with Crippen molar-refractivity contribution in [1.29, 1.82) is 0 Å². The van der Waals surface area contributed by atoms with Crippen molar-refractivity contribution in [2.24, 2.45) is 12.0 Å². The van der Waals surface area contributed by atoms with Gasteiger partial charge in [0.15, 0.2) is 11.8 Å². The molecular formula is C19H38IN7O. The van der Waals surface area contributed by atoms with Gasteiger partial charge in [0, 0.05) is 45.9 Å². The Hall–Kier alpha value is -0.940. The molecule has 1 N–H and O–H groups in total. The Labute approximate surface area is 187 Å². The fourth-order valence-corrected chi connectivity index (χ4v) is 3.49. The largest absolute Gasteiger partial charge is 0.382 e. The molecule has 1 unspecified atom stereocenters. The Balaban J connectivity index is 0.00000392. The number of aromatic nitrogens is 3. The number of hydrogen-bond donors (Lipinski definition) is 1. The second kappa shape index (κ2) is 13.3. The van der Waals surface area contributed by atoms with Gasteiger partial charge < -0.3 is 19.5 Å². The van der Waals surface area contributed by atoms with Crippen LogP contribution in [-0.2, 0) is 18.3 Å². The highest BCUT2D eigenvalue weighted by atomic mass is 127. The summed E-state index contributed by atoms with van der Waals surface area (Å²) in [6.45, 7) is 15.7. The molecule has 1 fully saturated rings. The van der Waals surface area contributed by atoms with Gasteiger partial charge in [-0.15, -0.1) is 34.2 Å². The molecule has 0 spiro atoms. The van der Waals surface area contributed by atoms with Crippen molar-refractivity contribution in [1.82, 2.24) is 29.9 Å². The Morgan fingerprint density at radius 3 is 2.64 bits per heavy atom. The zero-order valence-corrected chi connectivity index (χ0v) is 20.5. The van der Waals surface area contributed by atoms with Crippen molar-refractivity contribution in [3.63, 3.8) is 0 Å². The Bertz CT molecular complexity index is 589. The maximum absolute atomic E-state index is 5.44. The number of halogens is 1. The number of rotatable bonds is 10. The molecule has 1 aliphatic rings. The fourth-order valence-electron chi connectivity index (χ4n) is 3.49. The van der Waals surface area contributed by atoms with Crippen LogP contribution in [-0.4, -0.2) is 82.5 Å². The van der Waals surface area contributed by atoms with Crippen LogP contribution in [0.4, 0.5) is 0 Å². The van der Waals surface area contributed by atoms with Gasteiger partial charge in [0.25, 0.3) is 0 Å². The van der Waals surface area contributed by atoms with Crippen molar-refractivity contribution < 1.29 is 4.74 Å². The van der Waals surface area contributed by atoms with Crippen molar-refractivity contribution in [2.75, 3.05) is 45.9 Å². The smallest absolute Gasteiger partial charge is 0.194 e. The van der Waals surface area contributed by atoms with Crippen LogP contribution < -0.4 is 5.32 Å². The van der Waals surface area contributed by atoms with Crippen LogP contribution in [0.1, 0.15) is 45.3 Å². The SMILES string of the molecule is CCOCCCNC(=NCc1nnc(C)n1C)N1CCC(N(CC)CC)C1.I. The van der Waals surface area contributed by atoms with Gasteiger partial charge in [-0.05, 0) is 39.8 Å². The van der Waals surface area contributed by atoms with Gasteiger partial charge in [0.2, 0.25) is 0 Å². The molecule has 0 bridgehead atoms. The lowest BCUT2D eigenvalue weighted by Gasteiger charge is -2.27. The first-order valence-electron chi connectivity index (χ1n) is 10.3. The molecule has 1 aromatic rings. The number of aliphatic imine (C=N–C) groups is 1. The number of likely N-dealkylation sites (tertiary alicyclic amines) is 1. The van der Waals surface area contributed by atoms with Crippen LogP contribution in [0.15, 0.2) is 4.99 Å². The second-order valence-electron chi connectivity index (χ2n) is 6.95. The summed E-state index contributed by atoms with van der Waals surface area (Å²) in [6.07, 6.45) is 2.16. The highest BCUT2D eigenvalue weighted by molar-refractivity contribution is 14.0. The van der Waals surface area contributed by atoms with Crippen molar-refractivity contribution >= 4 is 29.9 Å². The molecule has 8 nitrogen and oxygen atoms in total. The lowest BCUT2D eigenvalue weighted by atomic mass is 10.2. The summed E-state index contributed by atoms with van der Waals surface area (Å²) in [5, 5.41) is 11.9. The molecule has 9 heteroatoms. The van der Waals surface area contributed by atoms with Gasteiger partial charge in [0.05, 0.1) is 0 Å². The lowest BCUT2D eigenvalue weighted by molar-refractivity contribution is 0.145. The number of hydrogen-bond acceptors (Lipinski definition) is 5. The monoisotopic (exact) mass is 507 g/mol. The first kappa shape index (κ1) is 25.1. The predicted octanol–water partition coefficient (Wildman–Crippen LogP) is 2.03. The number of nitrogens with zero attached hydrogens (tertiary/aromatic N) is 6. The van der Waals surface area contributed by atoms with E-state index in [1.54, 1.807) is 0 Å². The number of aryl methyl sites for hydroxylation is 1. The molecule has 0 radical (unpaired) electrons. The number of guanidine groups is 1. The quantitative estimate of drug-likeness (QED) is 0.226. The first-order valence-corrected chi connectivity index (χ1v) is 10.3. The van der Waals surface area contributed by atoms with Crippen molar-refractivity contribution in [2.45, 2.75) is 53.1 Å². The summed E-state index contributed by atoms with van der Waals surface area (Å²) in [4.78, 5) is 9.78. The summed E-state index contributed by atoms with van der Waals surface area (Å²) in [6, 6.07) is 0.604. The van der Waals surface area contributed by atoms with Gasteiger partial charge >= 0.3 is 0 Å². The second-order valence-corrected chi connectivity index (χ2v) is 6.95. The molecule has 28 heavy (non-hydrogen) atoms. The molecule has 162 valence electrons. The summed E-state index contributed by atoms with van der Waals surface area (Å²) in [7, 11) is 1.99. The minimum atomic E-state index is 0. The summed E-state index contributed by atoms with van der Waals surface area (Å²) in [5.74, 6) is 2.77. The average molecular weight is 507 g/mol. The lowest BCUT2D eigenvalue weighted by Crippen LogP contribution is -2.43. The Kier molecular flexibility index (Phi) is 11.9. The Morgan fingerprint density at radius 1 is 1.29 bits per heavy atom. The molecule has 2 rings (SSSR count). The summed E-state index contributed by atoms with van der Waals surface area (Å²) in [5.41, 5.74) is 0. The first-order chi connectivity index (χ1) is 13.1. The molecule has 1 aromatic heterocycles. The predicted molar refractivity (Wildman–Crippen MR) is 124 cm³/mol. The van der Waals surface area contributed by atoms with Gasteiger partial charge in [-0.1, -0.05) is 13.8 Å². The zero-order chi connectivity index (χ0) is 19.6. The third-order valence-corrected chi connectivity index (χ3v) is 5.30. The van der Waals surface area contributed by atoms with Crippen LogP contribution in [0, 0.1) is 6.92 Å². The molecule has 1 saturated heterocycles. The minimum Gasteiger partial charge on any atom is -0.382 e. The van der Waals surface area contributed by atoms with E-state index in [-0.39, 0.29) is 24.0 Å².